The third kappa shape index (κ3) is 5.00. The van der Waals surface area contributed by atoms with Crippen molar-refractivity contribution in [3.63, 3.8) is 0 Å². The molecule has 7 aromatic carbocycles. The number of fused-ring (bicyclic) bond motifs is 4. The lowest BCUT2D eigenvalue weighted by Crippen LogP contribution is -2.33. The Bertz CT molecular complexity index is 2490. The lowest BCUT2D eigenvalue weighted by Gasteiger charge is -2.24. The predicted octanol–water partition coefficient (Wildman–Crippen LogP) is 11.0. The molecule has 1 aliphatic rings. The van der Waals surface area contributed by atoms with Crippen molar-refractivity contribution < 1.29 is 0 Å². The van der Waals surface area contributed by atoms with Gasteiger partial charge in [0.2, 0.25) is 0 Å². The highest BCUT2D eigenvalue weighted by Gasteiger charge is 2.23. The van der Waals surface area contributed by atoms with Crippen LogP contribution in [-0.4, -0.2) is 11.7 Å². The van der Waals surface area contributed by atoms with Crippen molar-refractivity contribution >= 4 is 54.0 Å². The summed E-state index contributed by atoms with van der Waals surface area (Å²) in [6.07, 6.45) is -0.254. The van der Waals surface area contributed by atoms with Crippen LogP contribution in [0.4, 0.5) is 0 Å². The Hall–Kier alpha value is -5.84. The van der Waals surface area contributed by atoms with E-state index in [4.69, 9.17) is 9.98 Å². The van der Waals surface area contributed by atoms with Crippen LogP contribution in [0.3, 0.4) is 0 Å². The largest absolute Gasteiger partial charge is 0.344 e. The Morgan fingerprint density at radius 2 is 1.15 bits per heavy atom. The van der Waals surface area contributed by atoms with Crippen LogP contribution in [-0.2, 0) is 0 Å². The van der Waals surface area contributed by atoms with Crippen LogP contribution in [0.25, 0.3) is 53.2 Å². The van der Waals surface area contributed by atoms with Crippen molar-refractivity contribution in [2.45, 2.75) is 6.17 Å². The van der Waals surface area contributed by atoms with E-state index in [9.17, 15) is 0 Å². The second-order valence-corrected chi connectivity index (χ2v) is 12.9. The Morgan fingerprint density at radius 1 is 0.489 bits per heavy atom. The molecule has 0 saturated carbocycles. The topological polar surface area (TPSA) is 36.8 Å². The fourth-order valence-corrected chi connectivity index (χ4v) is 7.84. The zero-order chi connectivity index (χ0) is 31.2. The quantitative estimate of drug-likeness (QED) is 0.204. The molecule has 0 aliphatic carbocycles. The zero-order valence-electron chi connectivity index (χ0n) is 25.5. The number of rotatable bonds is 5. The van der Waals surface area contributed by atoms with Gasteiger partial charge in [-0.05, 0) is 62.9 Å². The molecule has 47 heavy (non-hydrogen) atoms. The fourth-order valence-electron chi connectivity index (χ4n) is 6.67. The van der Waals surface area contributed by atoms with E-state index in [1.165, 1.54) is 53.2 Å². The van der Waals surface area contributed by atoms with Crippen molar-refractivity contribution in [1.29, 1.82) is 0 Å². The summed E-state index contributed by atoms with van der Waals surface area (Å²) < 4.78 is 2.51. The van der Waals surface area contributed by atoms with Gasteiger partial charge >= 0.3 is 0 Å². The van der Waals surface area contributed by atoms with E-state index in [0.29, 0.717) is 0 Å². The third-order valence-electron chi connectivity index (χ3n) is 8.92. The second-order valence-electron chi connectivity index (χ2n) is 11.8. The number of aliphatic imine (C=N–C) groups is 2. The lowest BCUT2D eigenvalue weighted by atomic mass is 9.92. The maximum Gasteiger partial charge on any atom is 0.159 e. The molecular weight excluding hydrogens is 591 g/mol. The minimum atomic E-state index is -0.254. The van der Waals surface area contributed by atoms with Gasteiger partial charge < -0.3 is 5.32 Å². The van der Waals surface area contributed by atoms with Gasteiger partial charge in [0.25, 0.3) is 0 Å². The second kappa shape index (κ2) is 11.5. The van der Waals surface area contributed by atoms with Crippen molar-refractivity contribution in [1.82, 2.24) is 5.32 Å². The SMILES string of the molecule is c1ccc(C2=NC(c3ccccc3)NC(c3cc(-c4cccc(-c5cccc6ccccc56)c4)c4c(c3)sc3ccccc34)=N2)cc1. The summed E-state index contributed by atoms with van der Waals surface area (Å²) >= 11 is 1.83. The van der Waals surface area contributed by atoms with Gasteiger partial charge in [-0.15, -0.1) is 11.3 Å². The van der Waals surface area contributed by atoms with Gasteiger partial charge in [0.1, 0.15) is 12.0 Å². The molecular formula is C43H29N3S. The summed E-state index contributed by atoms with van der Waals surface area (Å²) in [5.41, 5.74) is 7.95. The summed E-state index contributed by atoms with van der Waals surface area (Å²) in [7, 11) is 0. The van der Waals surface area contributed by atoms with Crippen molar-refractivity contribution in [2.75, 3.05) is 0 Å². The normalized spacial score (nSPS) is 14.6. The Balaban J connectivity index is 1.25. The van der Waals surface area contributed by atoms with Gasteiger partial charge in [0, 0.05) is 31.3 Å². The van der Waals surface area contributed by atoms with Crippen LogP contribution in [0, 0.1) is 0 Å². The van der Waals surface area contributed by atoms with E-state index in [1.54, 1.807) is 0 Å². The summed E-state index contributed by atoms with van der Waals surface area (Å²) in [4.78, 5) is 10.2. The summed E-state index contributed by atoms with van der Waals surface area (Å²) in [5.74, 6) is 1.54. The molecule has 0 radical (unpaired) electrons. The average Bonchev–Trinajstić information content (AvgIpc) is 3.53. The number of nitrogens with one attached hydrogen (secondary N) is 1. The average molecular weight is 620 g/mol. The van der Waals surface area contributed by atoms with Crippen LogP contribution in [0.15, 0.2) is 174 Å². The first kappa shape index (κ1) is 27.5. The van der Waals surface area contributed by atoms with Gasteiger partial charge in [-0.25, -0.2) is 9.98 Å². The molecule has 1 unspecified atom stereocenters. The van der Waals surface area contributed by atoms with E-state index in [2.05, 4.69) is 145 Å². The third-order valence-corrected chi connectivity index (χ3v) is 10.0. The van der Waals surface area contributed by atoms with Crippen molar-refractivity contribution in [3.05, 3.63) is 180 Å². The molecule has 4 heteroatoms. The summed E-state index contributed by atoms with van der Waals surface area (Å²) in [6, 6.07) is 58.1. The predicted molar refractivity (Wildman–Crippen MR) is 200 cm³/mol. The number of benzene rings is 7. The van der Waals surface area contributed by atoms with Gasteiger partial charge in [0.05, 0.1) is 0 Å². The van der Waals surface area contributed by atoms with E-state index < -0.39 is 0 Å². The highest BCUT2D eigenvalue weighted by atomic mass is 32.1. The molecule has 1 N–H and O–H groups in total. The Labute approximate surface area is 277 Å². The maximum atomic E-state index is 5.15. The standard InChI is InChI=1S/C43H29N3S/c1-3-14-29(15-4-1)41-44-42(30-16-5-2-6-17-30)46-43(45-41)33-26-37(40-36-22-9-10-24-38(36)47-39(40)27-33)32-20-11-19-31(25-32)35-23-12-18-28-13-7-8-21-34(28)35/h1-27,41H,(H,44,45,46). The summed E-state index contributed by atoms with van der Waals surface area (Å²) in [5, 5.41) is 8.74. The van der Waals surface area contributed by atoms with Crippen molar-refractivity contribution in [3.8, 4) is 22.3 Å². The molecule has 2 heterocycles. The smallest absolute Gasteiger partial charge is 0.159 e. The number of thiophene rings is 1. The monoisotopic (exact) mass is 619 g/mol. The first-order valence-electron chi connectivity index (χ1n) is 15.9. The van der Waals surface area contributed by atoms with Gasteiger partial charge in [0.15, 0.2) is 5.84 Å². The van der Waals surface area contributed by atoms with E-state index >= 15 is 0 Å². The molecule has 1 aliphatic heterocycles. The number of amidine groups is 2. The van der Waals surface area contributed by atoms with Gasteiger partial charge in [-0.2, -0.15) is 0 Å². The Morgan fingerprint density at radius 3 is 2.00 bits per heavy atom. The highest BCUT2D eigenvalue weighted by molar-refractivity contribution is 7.26. The number of hydrogen-bond acceptors (Lipinski definition) is 4. The minimum absolute atomic E-state index is 0.254. The van der Waals surface area contributed by atoms with Crippen LogP contribution in [0.5, 0.6) is 0 Å². The van der Waals surface area contributed by atoms with E-state index in [1.807, 2.05) is 35.6 Å². The van der Waals surface area contributed by atoms with Crippen LogP contribution >= 0.6 is 11.3 Å². The highest BCUT2D eigenvalue weighted by Crippen LogP contribution is 2.42. The van der Waals surface area contributed by atoms with Crippen molar-refractivity contribution in [2.24, 2.45) is 9.98 Å². The molecule has 0 spiro atoms. The molecule has 1 aromatic heterocycles. The molecule has 3 nitrogen and oxygen atoms in total. The van der Waals surface area contributed by atoms with E-state index in [0.717, 1.165) is 28.4 Å². The molecule has 1 atom stereocenters. The first-order valence-corrected chi connectivity index (χ1v) is 16.7. The minimum Gasteiger partial charge on any atom is -0.344 e. The van der Waals surface area contributed by atoms with Crippen LogP contribution in [0.2, 0.25) is 0 Å². The maximum absolute atomic E-state index is 5.15. The molecule has 9 rings (SSSR count). The van der Waals surface area contributed by atoms with Crippen LogP contribution in [0.1, 0.15) is 22.9 Å². The molecule has 0 fully saturated rings. The molecule has 0 saturated heterocycles. The summed E-state index contributed by atoms with van der Waals surface area (Å²) in [6.45, 7) is 0. The fraction of sp³-hybridized carbons (Fsp3) is 0.0233. The number of nitrogens with zero attached hydrogens (tertiary/aromatic N) is 2. The molecule has 0 bridgehead atoms. The van der Waals surface area contributed by atoms with Gasteiger partial charge in [-0.3, -0.25) is 0 Å². The first-order chi connectivity index (χ1) is 23.3. The van der Waals surface area contributed by atoms with Gasteiger partial charge in [-0.1, -0.05) is 140 Å². The number of hydrogen-bond donors (Lipinski definition) is 1. The molecule has 0 amide bonds. The zero-order valence-corrected chi connectivity index (χ0v) is 26.3. The molecule has 222 valence electrons. The Kier molecular flexibility index (Phi) is 6.72. The van der Waals surface area contributed by atoms with Crippen LogP contribution < -0.4 is 5.32 Å². The van der Waals surface area contributed by atoms with E-state index in [-0.39, 0.29) is 6.17 Å². The molecule has 8 aromatic rings. The lowest BCUT2D eigenvalue weighted by molar-refractivity contribution is 0.674.